The van der Waals surface area contributed by atoms with Gasteiger partial charge in [-0.05, 0) is 31.9 Å². The zero-order chi connectivity index (χ0) is 21.3. The van der Waals surface area contributed by atoms with E-state index in [1.807, 2.05) is 32.9 Å². The van der Waals surface area contributed by atoms with Crippen LogP contribution in [-0.4, -0.2) is 36.8 Å². The zero-order valence-electron chi connectivity index (χ0n) is 17.3. The first kappa shape index (κ1) is 26.6. The van der Waals surface area contributed by atoms with E-state index in [9.17, 15) is 13.2 Å². The number of hydrogen-bond acceptors (Lipinski definition) is 4. The molecule has 0 amide bonds. The highest BCUT2D eigenvalue weighted by Crippen LogP contribution is 2.17. The highest BCUT2D eigenvalue weighted by molar-refractivity contribution is 14.0. The Morgan fingerprint density at radius 1 is 1.13 bits per heavy atom. The van der Waals surface area contributed by atoms with Crippen molar-refractivity contribution in [3.8, 4) is 0 Å². The molecule has 0 aliphatic carbocycles. The van der Waals surface area contributed by atoms with Crippen molar-refractivity contribution < 1.29 is 17.9 Å². The Morgan fingerprint density at radius 2 is 1.80 bits per heavy atom. The van der Waals surface area contributed by atoms with Gasteiger partial charge in [0.25, 0.3) is 0 Å². The number of aliphatic imine (C=N–C) groups is 1. The number of hydrogen-bond donors (Lipinski definition) is 2. The van der Waals surface area contributed by atoms with Crippen LogP contribution in [0.2, 0.25) is 0 Å². The van der Waals surface area contributed by atoms with E-state index in [2.05, 4.69) is 25.3 Å². The molecule has 2 N–H and O–H groups in total. The SMILES string of the molecule is CCNC(=NCc1ccc(COCC(F)(F)F)cc1)NCCc1sc(C)nc1C.I. The molecule has 0 spiro atoms. The van der Waals surface area contributed by atoms with Gasteiger partial charge in [0.2, 0.25) is 0 Å². The molecule has 10 heteroatoms. The van der Waals surface area contributed by atoms with Gasteiger partial charge in [-0.1, -0.05) is 24.3 Å². The van der Waals surface area contributed by atoms with Crippen LogP contribution in [0.4, 0.5) is 13.2 Å². The van der Waals surface area contributed by atoms with Crippen molar-refractivity contribution in [2.75, 3.05) is 19.7 Å². The normalized spacial score (nSPS) is 11.9. The number of aryl methyl sites for hydroxylation is 2. The molecule has 5 nitrogen and oxygen atoms in total. The third-order valence-corrected chi connectivity index (χ3v) is 5.10. The van der Waals surface area contributed by atoms with E-state index in [-0.39, 0.29) is 30.6 Å². The number of ether oxygens (including phenoxy) is 1. The van der Waals surface area contributed by atoms with E-state index in [4.69, 9.17) is 0 Å². The number of thiazole rings is 1. The predicted molar refractivity (Wildman–Crippen MR) is 126 cm³/mol. The van der Waals surface area contributed by atoms with Crippen LogP contribution in [0.15, 0.2) is 29.3 Å². The molecule has 0 aliphatic heterocycles. The van der Waals surface area contributed by atoms with E-state index in [1.54, 1.807) is 23.5 Å². The maximum atomic E-state index is 12.1. The number of guanidine groups is 1. The summed E-state index contributed by atoms with van der Waals surface area (Å²) in [4.78, 5) is 10.3. The number of aromatic nitrogens is 1. The average molecular weight is 556 g/mol. The predicted octanol–water partition coefficient (Wildman–Crippen LogP) is 4.75. The molecule has 168 valence electrons. The van der Waals surface area contributed by atoms with Gasteiger partial charge < -0.3 is 15.4 Å². The number of nitrogens with one attached hydrogen (secondary N) is 2. The van der Waals surface area contributed by atoms with Gasteiger partial charge in [0.05, 0.1) is 23.9 Å². The summed E-state index contributed by atoms with van der Waals surface area (Å²) in [7, 11) is 0. The molecule has 1 heterocycles. The monoisotopic (exact) mass is 556 g/mol. The largest absolute Gasteiger partial charge is 0.411 e. The van der Waals surface area contributed by atoms with Crippen LogP contribution in [0, 0.1) is 13.8 Å². The molecule has 0 fully saturated rings. The first-order valence-electron chi connectivity index (χ1n) is 9.44. The number of rotatable bonds is 9. The van der Waals surface area contributed by atoms with Crippen LogP contribution >= 0.6 is 35.3 Å². The Labute approximate surface area is 196 Å². The number of nitrogens with zero attached hydrogens (tertiary/aromatic N) is 2. The summed E-state index contributed by atoms with van der Waals surface area (Å²) in [6, 6.07) is 7.22. The van der Waals surface area contributed by atoms with E-state index >= 15 is 0 Å². The Morgan fingerprint density at radius 3 is 2.37 bits per heavy atom. The number of alkyl halides is 3. The second-order valence-electron chi connectivity index (χ2n) is 6.54. The lowest BCUT2D eigenvalue weighted by Gasteiger charge is -2.11. The van der Waals surface area contributed by atoms with Crippen molar-refractivity contribution in [1.29, 1.82) is 0 Å². The molecule has 0 atom stereocenters. The van der Waals surface area contributed by atoms with Crippen molar-refractivity contribution >= 4 is 41.3 Å². The van der Waals surface area contributed by atoms with E-state index in [1.165, 1.54) is 4.88 Å². The Hall–Kier alpha value is -1.40. The van der Waals surface area contributed by atoms with E-state index < -0.39 is 12.8 Å². The van der Waals surface area contributed by atoms with Crippen LogP contribution in [0.25, 0.3) is 0 Å². The first-order chi connectivity index (χ1) is 13.8. The van der Waals surface area contributed by atoms with Crippen molar-refractivity contribution in [3.63, 3.8) is 0 Å². The highest BCUT2D eigenvalue weighted by Gasteiger charge is 2.27. The topological polar surface area (TPSA) is 58.5 Å². The second-order valence-corrected chi connectivity index (χ2v) is 7.83. The van der Waals surface area contributed by atoms with E-state index in [0.29, 0.717) is 12.1 Å². The molecular formula is C20H28F3IN4OS. The van der Waals surface area contributed by atoms with Gasteiger partial charge in [0.1, 0.15) is 6.61 Å². The molecule has 0 radical (unpaired) electrons. The summed E-state index contributed by atoms with van der Waals surface area (Å²) in [5.41, 5.74) is 2.74. The van der Waals surface area contributed by atoms with Crippen LogP contribution in [-0.2, 0) is 24.3 Å². The standard InChI is InChI=1S/C20H27F3N4OS.HI/c1-4-24-19(25-10-9-18-14(2)27-15(3)29-18)26-11-16-5-7-17(8-6-16)12-28-13-20(21,22)23;/h5-8H,4,9-13H2,1-3H3,(H2,24,25,26);1H. The molecule has 0 aliphatic rings. The van der Waals surface area contributed by atoms with Crippen molar-refractivity contribution in [3.05, 3.63) is 51.0 Å². The van der Waals surface area contributed by atoms with Gasteiger partial charge in [-0.25, -0.2) is 9.98 Å². The van der Waals surface area contributed by atoms with Gasteiger partial charge in [0.15, 0.2) is 5.96 Å². The van der Waals surface area contributed by atoms with Crippen LogP contribution < -0.4 is 10.6 Å². The maximum absolute atomic E-state index is 12.1. The van der Waals surface area contributed by atoms with Crippen LogP contribution in [0.1, 0.15) is 33.6 Å². The van der Waals surface area contributed by atoms with Gasteiger partial charge >= 0.3 is 6.18 Å². The quantitative estimate of drug-likeness (QED) is 0.266. The second kappa shape index (κ2) is 13.1. The van der Waals surface area contributed by atoms with Gasteiger partial charge in [-0.2, -0.15) is 13.2 Å². The lowest BCUT2D eigenvalue weighted by atomic mass is 10.1. The smallest absolute Gasteiger partial charge is 0.367 e. The molecule has 0 saturated heterocycles. The summed E-state index contributed by atoms with van der Waals surface area (Å²) in [6.07, 6.45) is -3.42. The maximum Gasteiger partial charge on any atom is 0.411 e. The minimum absolute atomic E-state index is 0. The average Bonchev–Trinajstić information content (AvgIpc) is 2.97. The Balaban J connectivity index is 0.00000450. The Bertz CT molecular complexity index is 794. The molecule has 0 saturated carbocycles. The van der Waals surface area contributed by atoms with Gasteiger partial charge in [0, 0.05) is 24.4 Å². The van der Waals surface area contributed by atoms with Crippen LogP contribution in [0.3, 0.4) is 0 Å². The molecule has 1 aromatic carbocycles. The summed E-state index contributed by atoms with van der Waals surface area (Å²) >= 11 is 1.71. The lowest BCUT2D eigenvalue weighted by molar-refractivity contribution is -0.176. The van der Waals surface area contributed by atoms with Gasteiger partial charge in [-0.15, -0.1) is 35.3 Å². The summed E-state index contributed by atoms with van der Waals surface area (Å²) < 4.78 is 41.0. The molecule has 2 rings (SSSR count). The fourth-order valence-electron chi connectivity index (χ4n) is 2.64. The zero-order valence-corrected chi connectivity index (χ0v) is 20.5. The first-order valence-corrected chi connectivity index (χ1v) is 10.3. The molecule has 0 unspecified atom stereocenters. The highest BCUT2D eigenvalue weighted by atomic mass is 127. The minimum atomic E-state index is -4.30. The summed E-state index contributed by atoms with van der Waals surface area (Å²) in [5, 5.41) is 7.61. The van der Waals surface area contributed by atoms with Gasteiger partial charge in [-0.3, -0.25) is 0 Å². The van der Waals surface area contributed by atoms with E-state index in [0.717, 1.165) is 41.7 Å². The third kappa shape index (κ3) is 10.1. The van der Waals surface area contributed by atoms with Crippen molar-refractivity contribution in [2.24, 2.45) is 4.99 Å². The molecule has 0 bridgehead atoms. The van der Waals surface area contributed by atoms with Crippen molar-refractivity contribution in [2.45, 2.75) is 46.5 Å². The fourth-order valence-corrected chi connectivity index (χ4v) is 3.57. The fraction of sp³-hybridized carbons (Fsp3) is 0.500. The molecule has 1 aromatic heterocycles. The summed E-state index contributed by atoms with van der Waals surface area (Å²) in [5.74, 6) is 0.726. The Kier molecular flexibility index (Phi) is 11.6. The molecular weight excluding hydrogens is 528 g/mol. The lowest BCUT2D eigenvalue weighted by Crippen LogP contribution is -2.38. The summed E-state index contributed by atoms with van der Waals surface area (Å²) in [6.45, 7) is 6.70. The minimum Gasteiger partial charge on any atom is -0.367 e. The molecule has 2 aromatic rings. The number of halogens is 4. The van der Waals surface area contributed by atoms with Crippen molar-refractivity contribution in [1.82, 2.24) is 15.6 Å². The number of benzene rings is 1. The third-order valence-electron chi connectivity index (χ3n) is 3.97. The molecule has 30 heavy (non-hydrogen) atoms. The van der Waals surface area contributed by atoms with Crippen LogP contribution in [0.5, 0.6) is 0 Å².